The van der Waals surface area contributed by atoms with Crippen LogP contribution in [0.15, 0.2) is 23.0 Å². The summed E-state index contributed by atoms with van der Waals surface area (Å²) in [7, 11) is 0. The Morgan fingerprint density at radius 1 is 1.07 bits per heavy atom. The van der Waals surface area contributed by atoms with E-state index in [0.717, 1.165) is 48.1 Å². The minimum absolute atomic E-state index is 0.0328. The van der Waals surface area contributed by atoms with Gasteiger partial charge in [0.1, 0.15) is 5.82 Å². The maximum Gasteiger partial charge on any atom is 0.407 e. The van der Waals surface area contributed by atoms with E-state index in [2.05, 4.69) is 10.2 Å². The van der Waals surface area contributed by atoms with Crippen LogP contribution >= 0.6 is 0 Å². The van der Waals surface area contributed by atoms with E-state index in [1.165, 1.54) is 21.9 Å². The summed E-state index contributed by atoms with van der Waals surface area (Å²) in [4.78, 5) is 38.6. The number of amides is 2. The lowest BCUT2D eigenvalue weighted by Gasteiger charge is -2.33. The molecule has 1 aliphatic carbocycles. The second kappa shape index (κ2) is 8.25. The lowest BCUT2D eigenvalue weighted by molar-refractivity contribution is 0.0620. The molecule has 1 fully saturated rings. The Morgan fingerprint density at radius 2 is 1.73 bits per heavy atom. The highest BCUT2D eigenvalue weighted by Gasteiger charge is 2.26. The number of halogens is 1. The number of fused-ring (bicyclic) bond motifs is 1. The topological polar surface area (TPSA) is 107 Å². The van der Waals surface area contributed by atoms with Gasteiger partial charge >= 0.3 is 6.09 Å². The Labute approximate surface area is 172 Å². The van der Waals surface area contributed by atoms with Crippen LogP contribution in [-0.4, -0.2) is 63.3 Å². The lowest BCUT2D eigenvalue weighted by atomic mass is 9.90. The van der Waals surface area contributed by atoms with Crippen molar-refractivity contribution in [3.05, 3.63) is 62.3 Å². The fraction of sp³-hybridized carbons (Fsp3) is 0.429. The molecule has 1 aliphatic heterocycles. The van der Waals surface area contributed by atoms with Crippen molar-refractivity contribution in [2.24, 2.45) is 0 Å². The van der Waals surface area contributed by atoms with Gasteiger partial charge in [-0.2, -0.15) is 5.10 Å². The molecule has 158 valence electrons. The molecule has 0 spiro atoms. The number of hydrogen-bond donors (Lipinski definition) is 2. The highest BCUT2D eigenvalue weighted by molar-refractivity contribution is 5.94. The fourth-order valence-electron chi connectivity index (χ4n) is 4.18. The van der Waals surface area contributed by atoms with Gasteiger partial charge in [-0.3, -0.25) is 9.59 Å². The first kappa shape index (κ1) is 20.1. The number of aromatic nitrogens is 2. The largest absolute Gasteiger partial charge is 0.465 e. The van der Waals surface area contributed by atoms with Gasteiger partial charge in [0.15, 0.2) is 0 Å². The zero-order valence-electron chi connectivity index (χ0n) is 16.5. The van der Waals surface area contributed by atoms with E-state index in [1.807, 2.05) is 0 Å². The van der Waals surface area contributed by atoms with Crippen LogP contribution in [0.2, 0.25) is 0 Å². The number of H-pyrrole nitrogens is 1. The third kappa shape index (κ3) is 3.92. The molecule has 1 aromatic heterocycles. The van der Waals surface area contributed by atoms with Gasteiger partial charge in [-0.25, -0.2) is 14.3 Å². The summed E-state index contributed by atoms with van der Waals surface area (Å²) < 4.78 is 14.4. The molecule has 9 heteroatoms. The van der Waals surface area contributed by atoms with Crippen LogP contribution in [0.25, 0.3) is 0 Å². The van der Waals surface area contributed by atoms with Gasteiger partial charge in [-0.05, 0) is 48.9 Å². The minimum Gasteiger partial charge on any atom is -0.465 e. The van der Waals surface area contributed by atoms with Crippen molar-refractivity contribution in [2.75, 3.05) is 26.2 Å². The fourth-order valence-corrected chi connectivity index (χ4v) is 4.18. The Bertz CT molecular complexity index is 1040. The van der Waals surface area contributed by atoms with Crippen molar-refractivity contribution >= 4 is 12.0 Å². The summed E-state index contributed by atoms with van der Waals surface area (Å²) in [5.74, 6) is -1.06. The number of nitrogens with one attached hydrogen (secondary N) is 1. The average molecular weight is 414 g/mol. The zero-order chi connectivity index (χ0) is 21.3. The molecule has 2 aromatic rings. The molecule has 0 atom stereocenters. The molecule has 2 amide bonds. The summed E-state index contributed by atoms with van der Waals surface area (Å²) in [6, 6.07) is 4.42. The molecule has 8 nitrogen and oxygen atoms in total. The predicted molar refractivity (Wildman–Crippen MR) is 106 cm³/mol. The maximum absolute atomic E-state index is 14.4. The van der Waals surface area contributed by atoms with Gasteiger partial charge in [0.2, 0.25) is 0 Å². The lowest BCUT2D eigenvalue weighted by Crippen LogP contribution is -2.50. The van der Waals surface area contributed by atoms with Crippen LogP contribution in [-0.2, 0) is 19.3 Å². The van der Waals surface area contributed by atoms with E-state index in [-0.39, 0.29) is 37.3 Å². The molecule has 1 aromatic carbocycles. The third-order valence-electron chi connectivity index (χ3n) is 5.85. The monoisotopic (exact) mass is 414 g/mol. The first-order chi connectivity index (χ1) is 14.4. The van der Waals surface area contributed by atoms with E-state index < -0.39 is 17.8 Å². The average Bonchev–Trinajstić information content (AvgIpc) is 2.76. The number of piperazine rings is 1. The smallest absolute Gasteiger partial charge is 0.407 e. The summed E-state index contributed by atoms with van der Waals surface area (Å²) in [6.07, 6.45) is 2.88. The van der Waals surface area contributed by atoms with Gasteiger partial charge in [-0.15, -0.1) is 0 Å². The van der Waals surface area contributed by atoms with Crippen LogP contribution in [0.4, 0.5) is 9.18 Å². The van der Waals surface area contributed by atoms with Crippen LogP contribution in [0.1, 0.15) is 45.6 Å². The quantitative estimate of drug-likeness (QED) is 0.797. The molecule has 2 aliphatic rings. The first-order valence-corrected chi connectivity index (χ1v) is 10.1. The second-order valence-corrected chi connectivity index (χ2v) is 7.72. The van der Waals surface area contributed by atoms with E-state index in [9.17, 15) is 18.8 Å². The number of aromatic amines is 1. The van der Waals surface area contributed by atoms with Crippen LogP contribution in [0, 0.1) is 5.82 Å². The first-order valence-electron chi connectivity index (χ1n) is 10.1. The Balaban J connectivity index is 1.55. The van der Waals surface area contributed by atoms with Crippen LogP contribution in [0.5, 0.6) is 0 Å². The van der Waals surface area contributed by atoms with Crippen molar-refractivity contribution < 1.29 is 19.1 Å². The molecular formula is C21H23FN4O4. The van der Waals surface area contributed by atoms with Crippen molar-refractivity contribution in [2.45, 2.75) is 32.1 Å². The van der Waals surface area contributed by atoms with Crippen molar-refractivity contribution in [1.82, 2.24) is 20.0 Å². The highest BCUT2D eigenvalue weighted by atomic mass is 19.1. The number of carbonyl (C=O) groups excluding carboxylic acids is 1. The highest BCUT2D eigenvalue weighted by Crippen LogP contribution is 2.23. The number of rotatable bonds is 3. The Hall–Kier alpha value is -3.23. The van der Waals surface area contributed by atoms with Gasteiger partial charge in [0.05, 0.1) is 11.3 Å². The van der Waals surface area contributed by atoms with Gasteiger partial charge in [-0.1, -0.05) is 6.07 Å². The number of carbonyl (C=O) groups is 2. The van der Waals surface area contributed by atoms with Gasteiger partial charge < -0.3 is 14.9 Å². The van der Waals surface area contributed by atoms with E-state index in [4.69, 9.17) is 5.11 Å². The van der Waals surface area contributed by atoms with E-state index in [1.54, 1.807) is 6.07 Å². The molecule has 30 heavy (non-hydrogen) atoms. The molecule has 2 N–H and O–H groups in total. The number of benzene rings is 1. The summed E-state index contributed by atoms with van der Waals surface area (Å²) in [5.41, 5.74) is 3.05. The zero-order valence-corrected chi connectivity index (χ0v) is 16.5. The van der Waals surface area contributed by atoms with Gasteiger partial charge in [0.25, 0.3) is 11.5 Å². The van der Waals surface area contributed by atoms with Crippen LogP contribution in [0.3, 0.4) is 0 Å². The second-order valence-electron chi connectivity index (χ2n) is 7.72. The minimum atomic E-state index is -1.02. The summed E-state index contributed by atoms with van der Waals surface area (Å²) in [5, 5.41) is 15.8. The summed E-state index contributed by atoms with van der Waals surface area (Å²) in [6.45, 7) is 0.860. The molecule has 0 radical (unpaired) electrons. The van der Waals surface area contributed by atoms with Crippen molar-refractivity contribution in [3.63, 3.8) is 0 Å². The SMILES string of the molecule is O=C(O)N1CCN(C(=O)c2cc(Cc3n[nH]c(=O)c4c3CCCC4)ccc2F)CC1. The molecule has 1 saturated heterocycles. The molecule has 2 heterocycles. The Morgan fingerprint density at radius 3 is 2.43 bits per heavy atom. The van der Waals surface area contributed by atoms with Crippen molar-refractivity contribution in [1.29, 1.82) is 0 Å². The molecule has 0 saturated carbocycles. The number of hydrogen-bond acceptors (Lipinski definition) is 4. The summed E-state index contributed by atoms with van der Waals surface area (Å²) >= 11 is 0. The van der Waals surface area contributed by atoms with Crippen LogP contribution < -0.4 is 5.56 Å². The normalized spacial score (nSPS) is 16.3. The van der Waals surface area contributed by atoms with E-state index >= 15 is 0 Å². The van der Waals surface area contributed by atoms with E-state index in [0.29, 0.717) is 6.42 Å². The molecular weight excluding hydrogens is 391 g/mol. The standard InChI is InChI=1S/C21H23FN4O4/c22-17-6-5-13(12-18-14-3-1-2-4-15(14)19(27)24-23-18)11-16(17)20(28)25-7-9-26(10-8-25)21(29)30/h5-6,11H,1-4,7-10,12H2,(H,24,27)(H,29,30). The van der Waals surface area contributed by atoms with Gasteiger partial charge in [0, 0.05) is 38.2 Å². The number of nitrogens with zero attached hydrogens (tertiary/aromatic N) is 3. The Kier molecular flexibility index (Phi) is 5.52. The molecule has 0 unspecified atom stereocenters. The maximum atomic E-state index is 14.4. The predicted octanol–water partition coefficient (Wildman–Crippen LogP) is 1.81. The third-order valence-corrected chi connectivity index (χ3v) is 5.85. The molecule has 0 bridgehead atoms. The molecule has 4 rings (SSSR count). The number of carboxylic acid groups (broad SMARTS) is 1. The van der Waals surface area contributed by atoms with Crippen molar-refractivity contribution in [3.8, 4) is 0 Å².